The van der Waals surface area contributed by atoms with Crippen molar-refractivity contribution in [2.45, 2.75) is 126 Å². The minimum atomic E-state index is -1.81. The fourth-order valence-corrected chi connectivity index (χ4v) is 10.9. The summed E-state index contributed by atoms with van der Waals surface area (Å²) in [6, 6.07) is 1.18. The fraction of sp³-hybridized carbons (Fsp3) is 0.614. The molecule has 2 aromatic rings. The van der Waals surface area contributed by atoms with E-state index in [0.717, 1.165) is 38.5 Å². The van der Waals surface area contributed by atoms with Crippen molar-refractivity contribution in [2.75, 3.05) is 26.2 Å². The molecule has 7 amide bonds. The quantitative estimate of drug-likeness (QED) is 0.0182. The van der Waals surface area contributed by atoms with Crippen LogP contribution in [0.2, 0.25) is 0 Å². The highest BCUT2D eigenvalue weighted by Gasteiger charge is 2.56. The van der Waals surface area contributed by atoms with Gasteiger partial charge in [0, 0.05) is 31.5 Å². The van der Waals surface area contributed by atoms with E-state index in [-0.39, 0.29) is 55.7 Å². The molecule has 17 N–H and O–H groups in total. The monoisotopic (exact) mass is 992 g/mol. The Morgan fingerprint density at radius 3 is 2.18 bits per heavy atom. The molecule has 71 heavy (non-hydrogen) atoms. The molecule has 386 valence electrons. The zero-order valence-corrected chi connectivity index (χ0v) is 39.3. The number of hydrogen-bond donors (Lipinski definition) is 13. The van der Waals surface area contributed by atoms with E-state index >= 15 is 0 Å². The second kappa shape index (κ2) is 24.0. The van der Waals surface area contributed by atoms with Crippen LogP contribution in [-0.2, 0) is 49.6 Å². The number of guanidine groups is 1. The molecule has 0 radical (unpaired) electrons. The van der Waals surface area contributed by atoms with Gasteiger partial charge in [-0.1, -0.05) is 29.5 Å². The second-order valence-electron chi connectivity index (χ2n) is 19.3. The highest BCUT2D eigenvalue weighted by atomic mass is 16.5. The number of hydrogen-bond acceptors (Lipinski definition) is 16. The largest absolute Gasteiger partial charge is 0.492 e. The summed E-state index contributed by atoms with van der Waals surface area (Å²) in [5.74, 6) is -6.62. The predicted octanol–water partition coefficient (Wildman–Crippen LogP) is -4.88. The number of aliphatic hydroxyl groups is 1. The molecular formula is C44H65BN14O12. The van der Waals surface area contributed by atoms with Crippen molar-refractivity contribution in [1.29, 1.82) is 0 Å². The number of nitrogens with zero attached hydrogens (tertiary/aromatic N) is 4. The van der Waals surface area contributed by atoms with Crippen LogP contribution < -0.4 is 60.3 Å². The van der Waals surface area contributed by atoms with Crippen LogP contribution in [0.25, 0.3) is 0 Å². The van der Waals surface area contributed by atoms with Crippen LogP contribution >= 0.6 is 0 Å². The molecule has 1 aliphatic heterocycles. The SMILES string of the molecule is NCC(=O)N[C@@H](CCCN=C(N)N)C(=O)NCC(=O)N[C@@H](CCC(=O)O)C(=O)N[C@@H](CO)C(=O)NC(=O)[C@H](CCn1cc(C2OB(O)c3ccccc32)nn1)NC(=O)CCC12C[C@@H]3C[C@@H](CC(N)(C3)C1)C2. The van der Waals surface area contributed by atoms with E-state index in [0.29, 0.717) is 35.0 Å². The average Bonchev–Trinajstić information content (AvgIpc) is 3.93. The first-order chi connectivity index (χ1) is 33.8. The maximum atomic E-state index is 13.9. The van der Waals surface area contributed by atoms with Gasteiger partial charge in [-0.25, -0.2) is 0 Å². The Kier molecular flexibility index (Phi) is 18.2. The molecule has 4 saturated carbocycles. The van der Waals surface area contributed by atoms with Gasteiger partial charge in [0.25, 0.3) is 5.91 Å². The lowest BCUT2D eigenvalue weighted by Crippen LogP contribution is -2.60. The predicted molar refractivity (Wildman–Crippen MR) is 252 cm³/mol. The van der Waals surface area contributed by atoms with E-state index in [1.165, 1.54) is 4.68 Å². The maximum Gasteiger partial charge on any atom is 0.492 e. The fourth-order valence-electron chi connectivity index (χ4n) is 10.9. The molecule has 4 bridgehead atoms. The first kappa shape index (κ1) is 53.8. The summed E-state index contributed by atoms with van der Waals surface area (Å²) in [6.07, 6.45) is 6.50. The van der Waals surface area contributed by atoms with Gasteiger partial charge >= 0.3 is 13.1 Å². The second-order valence-corrected chi connectivity index (χ2v) is 19.3. The molecule has 3 unspecified atom stereocenters. The first-order valence-electron chi connectivity index (χ1n) is 23.8. The van der Waals surface area contributed by atoms with Crippen molar-refractivity contribution in [3.8, 4) is 0 Å². The molecule has 1 aromatic carbocycles. The van der Waals surface area contributed by atoms with Gasteiger partial charge in [0.05, 0.1) is 25.9 Å². The zero-order valence-electron chi connectivity index (χ0n) is 39.3. The van der Waals surface area contributed by atoms with Crippen molar-refractivity contribution in [3.63, 3.8) is 0 Å². The molecule has 1 aromatic heterocycles. The number of aryl methyl sites for hydroxylation is 1. The van der Waals surface area contributed by atoms with Gasteiger partial charge in [-0.3, -0.25) is 53.3 Å². The van der Waals surface area contributed by atoms with Gasteiger partial charge in [-0.2, -0.15) is 0 Å². The van der Waals surface area contributed by atoms with E-state index in [4.69, 9.17) is 27.6 Å². The summed E-state index contributed by atoms with van der Waals surface area (Å²) in [5, 5.41) is 52.6. The number of aliphatic imine (C=N–C) groups is 1. The number of carbonyl (C=O) groups excluding carboxylic acids is 7. The van der Waals surface area contributed by atoms with E-state index in [1.807, 2.05) is 0 Å². The topological polar surface area (TPSA) is 426 Å². The first-order valence-corrected chi connectivity index (χ1v) is 23.8. The third kappa shape index (κ3) is 14.8. The standard InChI is InChI=1S/C44H65BN14O12/c46-19-34(62)53-28(6-3-12-50-42(47)48)38(66)51-20-35(63)54-29(7-8-36(64)65)39(67)55-32(22-60)41(69)56-40(68)30(52-33(61)9-11-43-15-24-14-25(16-43)18-44(49,17-24)23-43)10-13-59-21-31(57-58-59)37-26-4-1-2-5-27(26)45(70)71-37/h1-2,4-5,21,24-25,28-30,32,37,60,70H,3,6-20,22-23,46,49H2,(H,51,66)(H,52,61)(H,53,62)(H,54,63)(H,55,67)(H,64,65)(H4,47,48,50)(H,56,68,69)/t24-,25+,28-,29-,30-,32-,37?,43?,44?/m0/s1. The summed E-state index contributed by atoms with van der Waals surface area (Å²) < 4.78 is 7.14. The third-order valence-corrected chi connectivity index (χ3v) is 13.6. The van der Waals surface area contributed by atoms with E-state index in [9.17, 15) is 53.6 Å². The number of carboxylic acids is 1. The highest BCUT2D eigenvalue weighted by Crippen LogP contribution is 2.62. The van der Waals surface area contributed by atoms with Gasteiger partial charge in [0.15, 0.2) is 5.96 Å². The maximum absolute atomic E-state index is 13.9. The van der Waals surface area contributed by atoms with Crippen molar-refractivity contribution in [2.24, 2.45) is 45.2 Å². The molecule has 0 spiro atoms. The number of nitrogens with one attached hydrogen (secondary N) is 6. The highest BCUT2D eigenvalue weighted by molar-refractivity contribution is 6.61. The molecule has 5 aliphatic rings. The molecule has 27 heteroatoms. The summed E-state index contributed by atoms with van der Waals surface area (Å²) in [6.45, 7) is -2.08. The zero-order chi connectivity index (χ0) is 51.5. The molecule has 7 rings (SSSR count). The Bertz CT molecular complexity index is 2320. The smallest absolute Gasteiger partial charge is 0.481 e. The van der Waals surface area contributed by atoms with Gasteiger partial charge in [-0.05, 0) is 98.9 Å². The lowest BCUT2D eigenvalue weighted by atomic mass is 9.46. The Morgan fingerprint density at radius 2 is 1.51 bits per heavy atom. The molecule has 4 aliphatic carbocycles. The number of benzene rings is 1. The molecule has 4 fully saturated rings. The number of rotatable bonds is 26. The summed E-state index contributed by atoms with van der Waals surface area (Å²) in [5.41, 5.74) is 24.2. The summed E-state index contributed by atoms with van der Waals surface area (Å²) in [4.78, 5) is 108. The average molecular weight is 993 g/mol. The molecule has 26 nitrogen and oxygen atoms in total. The Hall–Kier alpha value is -6.55. The minimum Gasteiger partial charge on any atom is -0.481 e. The Balaban J connectivity index is 1.08. The van der Waals surface area contributed by atoms with Crippen molar-refractivity contribution >= 4 is 65.9 Å². The lowest BCUT2D eigenvalue weighted by molar-refractivity contribution is -0.139. The van der Waals surface area contributed by atoms with Crippen LogP contribution in [0, 0.1) is 17.3 Å². The third-order valence-electron chi connectivity index (χ3n) is 13.6. The van der Waals surface area contributed by atoms with Crippen LogP contribution in [0.5, 0.6) is 0 Å². The van der Waals surface area contributed by atoms with Crippen molar-refractivity contribution in [1.82, 2.24) is 46.9 Å². The van der Waals surface area contributed by atoms with E-state index in [1.54, 1.807) is 30.5 Å². The van der Waals surface area contributed by atoms with E-state index in [2.05, 4.69) is 47.2 Å². The number of carbonyl (C=O) groups is 8. The number of imide groups is 1. The number of aliphatic hydroxyl groups excluding tert-OH is 1. The lowest BCUT2D eigenvalue weighted by Gasteiger charge is -2.61. The number of carboxylic acid groups (broad SMARTS) is 1. The van der Waals surface area contributed by atoms with Crippen LogP contribution in [0.4, 0.5) is 0 Å². The number of fused-ring (bicyclic) bond motifs is 1. The summed E-state index contributed by atoms with van der Waals surface area (Å²) in [7, 11) is -1.17. The number of aliphatic carboxylic acids is 1. The summed E-state index contributed by atoms with van der Waals surface area (Å²) >= 11 is 0. The van der Waals surface area contributed by atoms with Crippen LogP contribution in [0.3, 0.4) is 0 Å². The van der Waals surface area contributed by atoms with Crippen molar-refractivity contribution in [3.05, 3.63) is 41.7 Å². The minimum absolute atomic E-state index is 0.00740. The van der Waals surface area contributed by atoms with Crippen LogP contribution in [0.15, 0.2) is 35.5 Å². The number of nitrogens with two attached hydrogens (primary N) is 4. The van der Waals surface area contributed by atoms with Gasteiger partial charge < -0.3 is 69.4 Å². The molecule has 0 saturated heterocycles. The molecule has 2 heterocycles. The number of amides is 7. The Morgan fingerprint density at radius 1 is 0.845 bits per heavy atom. The van der Waals surface area contributed by atoms with Crippen molar-refractivity contribution < 1.29 is 58.2 Å². The van der Waals surface area contributed by atoms with Crippen LogP contribution in [0.1, 0.15) is 101 Å². The normalized spacial score (nSPS) is 23.3. The van der Waals surface area contributed by atoms with E-state index < -0.39 is 117 Å². The van der Waals surface area contributed by atoms with Crippen LogP contribution in [-0.4, -0.2) is 147 Å². The molecular weight excluding hydrogens is 927 g/mol. The molecule has 9 atom stereocenters. The van der Waals surface area contributed by atoms with Gasteiger partial charge in [0.1, 0.15) is 36.0 Å². The Labute approximate surface area is 409 Å². The number of aromatic nitrogens is 3. The van der Waals surface area contributed by atoms with Gasteiger partial charge in [0.2, 0.25) is 35.4 Å². The van der Waals surface area contributed by atoms with Gasteiger partial charge in [-0.15, -0.1) is 5.10 Å².